The molecule has 1 fully saturated rings. The first-order chi connectivity index (χ1) is 12.8. The van der Waals surface area contributed by atoms with Gasteiger partial charge in [-0.2, -0.15) is 5.26 Å². The topological polar surface area (TPSA) is 85.7 Å². The number of piperazine rings is 1. The molecule has 1 aromatic rings. The third kappa shape index (κ3) is 5.84. The summed E-state index contributed by atoms with van der Waals surface area (Å²) < 4.78 is 5.25. The van der Waals surface area contributed by atoms with E-state index in [4.69, 9.17) is 21.6 Å². The second kappa shape index (κ2) is 9.58. The largest absolute Gasteiger partial charge is 0.449 e. The molecule has 2 rings (SSSR count). The molecule has 0 saturated carbocycles. The highest BCUT2D eigenvalue weighted by molar-refractivity contribution is 6.32. The van der Waals surface area contributed by atoms with Crippen molar-refractivity contribution in [3.05, 3.63) is 28.8 Å². The van der Waals surface area contributed by atoms with Crippen molar-refractivity contribution in [3.63, 3.8) is 0 Å². The van der Waals surface area contributed by atoms with Gasteiger partial charge in [0.25, 0.3) is 0 Å². The summed E-state index contributed by atoms with van der Waals surface area (Å²) in [5, 5.41) is 12.0. The quantitative estimate of drug-likeness (QED) is 0.832. The molecule has 1 unspecified atom stereocenters. The van der Waals surface area contributed by atoms with Gasteiger partial charge in [0.1, 0.15) is 6.07 Å². The van der Waals surface area contributed by atoms with Gasteiger partial charge in [-0.1, -0.05) is 25.4 Å². The number of carbonyl (C=O) groups excluding carboxylic acids is 2. The highest BCUT2D eigenvalue weighted by Gasteiger charge is 2.28. The van der Waals surface area contributed by atoms with Crippen LogP contribution in [0.4, 0.5) is 10.5 Å². The number of hydrogen-bond acceptors (Lipinski definition) is 5. The Kier molecular flexibility index (Phi) is 7.45. The van der Waals surface area contributed by atoms with Crippen LogP contribution in [0.2, 0.25) is 5.02 Å². The third-order valence-corrected chi connectivity index (χ3v) is 4.71. The van der Waals surface area contributed by atoms with E-state index in [1.807, 2.05) is 31.7 Å². The summed E-state index contributed by atoms with van der Waals surface area (Å²) in [5.74, 6) is 0.140. The van der Waals surface area contributed by atoms with Crippen LogP contribution in [0.1, 0.15) is 26.3 Å². The van der Waals surface area contributed by atoms with E-state index in [-0.39, 0.29) is 18.0 Å². The minimum absolute atomic E-state index is 0.161. The Hall–Kier alpha value is -2.30. The van der Waals surface area contributed by atoms with E-state index in [1.165, 1.54) is 0 Å². The molecule has 8 heteroatoms. The van der Waals surface area contributed by atoms with E-state index < -0.39 is 0 Å². The highest BCUT2D eigenvalue weighted by atomic mass is 35.5. The van der Waals surface area contributed by atoms with Crippen molar-refractivity contribution < 1.29 is 14.3 Å². The van der Waals surface area contributed by atoms with Crippen molar-refractivity contribution in [2.75, 3.05) is 38.1 Å². The Morgan fingerprint density at radius 3 is 2.48 bits per heavy atom. The van der Waals surface area contributed by atoms with Crippen LogP contribution in [0.3, 0.4) is 0 Å². The molecular formula is C19H25ClN4O3. The summed E-state index contributed by atoms with van der Waals surface area (Å²) in [6.45, 7) is 8.46. The van der Waals surface area contributed by atoms with Gasteiger partial charge in [-0.25, -0.2) is 4.79 Å². The van der Waals surface area contributed by atoms with Crippen molar-refractivity contribution in [1.82, 2.24) is 9.80 Å². The Morgan fingerprint density at radius 2 is 1.93 bits per heavy atom. The molecule has 0 bridgehead atoms. The Bertz CT molecular complexity index is 724. The summed E-state index contributed by atoms with van der Waals surface area (Å²) in [7, 11) is 0. The number of anilines is 1. The van der Waals surface area contributed by atoms with Gasteiger partial charge < -0.3 is 15.0 Å². The number of ether oxygens (including phenoxy) is 1. The maximum Gasteiger partial charge on any atom is 0.409 e. The molecule has 0 spiro atoms. The first kappa shape index (κ1) is 21.0. The SMILES string of the molecule is CC(C)COC(=O)N1CCN(C(C)C(=O)Nc2ccc(C#N)c(Cl)c2)CC1. The molecule has 146 valence electrons. The van der Waals surface area contributed by atoms with E-state index in [9.17, 15) is 9.59 Å². The number of benzene rings is 1. The third-order valence-electron chi connectivity index (χ3n) is 4.40. The molecule has 0 aromatic heterocycles. The van der Waals surface area contributed by atoms with E-state index in [0.717, 1.165) is 0 Å². The van der Waals surface area contributed by atoms with Crippen LogP contribution in [0.15, 0.2) is 18.2 Å². The Labute approximate surface area is 164 Å². The molecule has 1 aromatic carbocycles. The minimum Gasteiger partial charge on any atom is -0.449 e. The number of amides is 2. The van der Waals surface area contributed by atoms with Gasteiger partial charge in [-0.15, -0.1) is 0 Å². The minimum atomic E-state index is -0.353. The van der Waals surface area contributed by atoms with E-state index in [0.29, 0.717) is 55.0 Å². The first-order valence-electron chi connectivity index (χ1n) is 8.98. The molecule has 1 aliphatic rings. The Balaban J connectivity index is 1.85. The molecule has 0 aliphatic carbocycles. The van der Waals surface area contributed by atoms with Crippen molar-refractivity contribution in [1.29, 1.82) is 5.26 Å². The standard InChI is InChI=1S/C19H25ClN4O3/c1-13(2)12-27-19(26)24-8-6-23(7-9-24)14(3)18(25)22-16-5-4-15(11-21)17(20)10-16/h4-5,10,13-14H,6-9,12H2,1-3H3,(H,22,25). The lowest BCUT2D eigenvalue weighted by Gasteiger charge is -2.36. The van der Waals surface area contributed by atoms with E-state index in [1.54, 1.807) is 23.1 Å². The summed E-state index contributed by atoms with van der Waals surface area (Å²) in [6.07, 6.45) is -0.298. The lowest BCUT2D eigenvalue weighted by atomic mass is 10.2. The number of carbonyl (C=O) groups is 2. The second-order valence-electron chi connectivity index (χ2n) is 6.97. The summed E-state index contributed by atoms with van der Waals surface area (Å²) in [4.78, 5) is 28.2. The van der Waals surface area contributed by atoms with Gasteiger partial charge in [0.2, 0.25) is 5.91 Å². The average molecular weight is 393 g/mol. The maximum atomic E-state index is 12.5. The number of nitrogens with zero attached hydrogens (tertiary/aromatic N) is 3. The number of nitrogens with one attached hydrogen (secondary N) is 1. The van der Waals surface area contributed by atoms with Crippen LogP contribution in [0.5, 0.6) is 0 Å². The van der Waals surface area contributed by atoms with Gasteiger partial charge >= 0.3 is 6.09 Å². The highest BCUT2D eigenvalue weighted by Crippen LogP contribution is 2.20. The lowest BCUT2D eigenvalue weighted by molar-refractivity contribution is -0.121. The fourth-order valence-corrected chi connectivity index (χ4v) is 2.94. The normalized spacial score (nSPS) is 15.9. The maximum absolute atomic E-state index is 12.5. The van der Waals surface area contributed by atoms with Gasteiger partial charge in [0, 0.05) is 31.9 Å². The monoisotopic (exact) mass is 392 g/mol. The molecule has 1 heterocycles. The zero-order valence-corrected chi connectivity index (χ0v) is 16.6. The summed E-state index contributed by atoms with van der Waals surface area (Å²) in [5.41, 5.74) is 0.912. The van der Waals surface area contributed by atoms with Crippen LogP contribution in [-0.2, 0) is 9.53 Å². The number of nitriles is 1. The average Bonchev–Trinajstić information content (AvgIpc) is 2.65. The van der Waals surface area contributed by atoms with Crippen LogP contribution in [-0.4, -0.2) is 60.6 Å². The molecule has 1 aliphatic heterocycles. The molecule has 27 heavy (non-hydrogen) atoms. The zero-order chi connectivity index (χ0) is 20.0. The van der Waals surface area contributed by atoms with Crippen molar-refractivity contribution >= 4 is 29.3 Å². The molecular weight excluding hydrogens is 368 g/mol. The van der Waals surface area contributed by atoms with Crippen LogP contribution in [0.25, 0.3) is 0 Å². The fourth-order valence-electron chi connectivity index (χ4n) is 2.72. The van der Waals surface area contributed by atoms with Crippen LogP contribution < -0.4 is 5.32 Å². The number of hydrogen-bond donors (Lipinski definition) is 1. The summed E-state index contributed by atoms with van der Waals surface area (Å²) >= 11 is 6.00. The molecule has 1 N–H and O–H groups in total. The molecule has 1 atom stereocenters. The zero-order valence-electron chi connectivity index (χ0n) is 15.9. The van der Waals surface area contributed by atoms with Crippen molar-refractivity contribution in [2.45, 2.75) is 26.8 Å². The smallest absolute Gasteiger partial charge is 0.409 e. The number of rotatable bonds is 5. The summed E-state index contributed by atoms with van der Waals surface area (Å²) in [6, 6.07) is 6.42. The lowest BCUT2D eigenvalue weighted by Crippen LogP contribution is -2.54. The van der Waals surface area contributed by atoms with Crippen LogP contribution in [0, 0.1) is 17.2 Å². The predicted molar refractivity (Wildman–Crippen MR) is 104 cm³/mol. The van der Waals surface area contributed by atoms with Crippen molar-refractivity contribution in [3.8, 4) is 6.07 Å². The van der Waals surface area contributed by atoms with Crippen molar-refractivity contribution in [2.24, 2.45) is 5.92 Å². The van der Waals surface area contributed by atoms with Gasteiger partial charge in [-0.05, 0) is 31.0 Å². The van der Waals surface area contributed by atoms with E-state index in [2.05, 4.69) is 5.32 Å². The molecule has 1 saturated heterocycles. The second-order valence-corrected chi connectivity index (χ2v) is 7.37. The number of halogens is 1. The fraction of sp³-hybridized carbons (Fsp3) is 0.526. The molecule has 0 radical (unpaired) electrons. The first-order valence-corrected chi connectivity index (χ1v) is 9.36. The van der Waals surface area contributed by atoms with Crippen LogP contribution >= 0.6 is 11.6 Å². The predicted octanol–water partition coefficient (Wildman–Crippen LogP) is 2.95. The van der Waals surface area contributed by atoms with Gasteiger partial charge in [0.15, 0.2) is 0 Å². The molecule has 7 nitrogen and oxygen atoms in total. The van der Waals surface area contributed by atoms with Gasteiger partial charge in [-0.3, -0.25) is 9.69 Å². The van der Waals surface area contributed by atoms with E-state index >= 15 is 0 Å². The molecule has 2 amide bonds. The van der Waals surface area contributed by atoms with Gasteiger partial charge in [0.05, 0.1) is 23.2 Å². The Morgan fingerprint density at radius 1 is 1.26 bits per heavy atom.